The molecule has 4 fully saturated rings. The van der Waals surface area contributed by atoms with Crippen LogP contribution < -0.4 is 0 Å². The summed E-state index contributed by atoms with van der Waals surface area (Å²) in [7, 11) is 0. The number of hydrogen-bond donors (Lipinski definition) is 1. The van der Waals surface area contributed by atoms with Gasteiger partial charge in [0.15, 0.2) is 17.9 Å². The predicted octanol–water partition coefficient (Wildman–Crippen LogP) is 3.37. The van der Waals surface area contributed by atoms with Crippen LogP contribution in [0.1, 0.15) is 60.3 Å². The van der Waals surface area contributed by atoms with Crippen molar-refractivity contribution >= 4 is 11.6 Å². The molecule has 0 unspecified atom stereocenters. The quantitative estimate of drug-likeness (QED) is 0.499. The van der Waals surface area contributed by atoms with Gasteiger partial charge in [-0.1, -0.05) is 25.5 Å². The maximum absolute atomic E-state index is 13.4. The number of ether oxygens (including phenoxy) is 3. The van der Waals surface area contributed by atoms with Crippen molar-refractivity contribution in [2.45, 2.75) is 83.9 Å². The second-order valence-corrected chi connectivity index (χ2v) is 11.0. The van der Waals surface area contributed by atoms with Crippen LogP contribution in [0.4, 0.5) is 0 Å². The zero-order valence-corrected chi connectivity index (χ0v) is 19.8. The Bertz CT molecular complexity index is 908. The van der Waals surface area contributed by atoms with Gasteiger partial charge in [0.25, 0.3) is 0 Å². The number of fused-ring (bicyclic) bond motifs is 3. The lowest BCUT2D eigenvalue weighted by Crippen LogP contribution is -2.62. The smallest absolute Gasteiger partial charge is 0.190 e. The normalized spacial score (nSPS) is 49.4. The lowest BCUT2D eigenvalue weighted by molar-refractivity contribution is -0.180. The van der Waals surface area contributed by atoms with Crippen molar-refractivity contribution in [3.8, 4) is 0 Å². The Morgan fingerprint density at radius 1 is 1.31 bits per heavy atom. The minimum Gasteiger partial charge on any atom is -0.381 e. The van der Waals surface area contributed by atoms with Crippen LogP contribution in [-0.2, 0) is 23.8 Å². The zero-order valence-electron chi connectivity index (χ0n) is 19.8. The first-order valence-corrected chi connectivity index (χ1v) is 12.2. The second kappa shape index (κ2) is 7.08. The van der Waals surface area contributed by atoms with E-state index >= 15 is 0 Å². The van der Waals surface area contributed by atoms with E-state index in [-0.39, 0.29) is 53.0 Å². The summed E-state index contributed by atoms with van der Waals surface area (Å²) in [6, 6.07) is 0. The third kappa shape index (κ3) is 2.61. The highest BCUT2D eigenvalue weighted by Gasteiger charge is 2.81. The summed E-state index contributed by atoms with van der Waals surface area (Å²) in [6.07, 6.45) is 8.25. The number of epoxide rings is 1. The number of carbonyl (C=O) groups is 2. The number of allylic oxidation sites excluding steroid dienone is 2. The van der Waals surface area contributed by atoms with Gasteiger partial charge in [-0.15, -0.1) is 0 Å². The summed E-state index contributed by atoms with van der Waals surface area (Å²) in [4.78, 5) is 25.5. The number of carbonyl (C=O) groups excluding carboxylic acids is 2. The van der Waals surface area contributed by atoms with E-state index in [2.05, 4.69) is 19.9 Å². The molecule has 6 heteroatoms. The summed E-state index contributed by atoms with van der Waals surface area (Å²) in [5, 5.41) is 12.0. The maximum atomic E-state index is 13.4. The molecule has 6 nitrogen and oxygen atoms in total. The Hall–Kier alpha value is -1.34. The molecule has 5 aliphatic rings. The predicted molar refractivity (Wildman–Crippen MR) is 118 cm³/mol. The van der Waals surface area contributed by atoms with Crippen LogP contribution in [0, 0.1) is 28.6 Å². The molecule has 0 amide bonds. The number of rotatable bonds is 6. The highest BCUT2D eigenvalue weighted by atomic mass is 16.7. The van der Waals surface area contributed by atoms with Crippen LogP contribution in [0.3, 0.4) is 0 Å². The molecular weight excluding hydrogens is 408 g/mol. The Labute approximate surface area is 190 Å². The van der Waals surface area contributed by atoms with Gasteiger partial charge < -0.3 is 19.3 Å². The van der Waals surface area contributed by atoms with E-state index in [4.69, 9.17) is 14.2 Å². The largest absolute Gasteiger partial charge is 0.381 e. The topological polar surface area (TPSA) is 85.4 Å². The van der Waals surface area contributed by atoms with E-state index in [1.54, 1.807) is 19.1 Å². The van der Waals surface area contributed by atoms with E-state index in [0.717, 1.165) is 19.3 Å². The fourth-order valence-electron chi connectivity index (χ4n) is 8.16. The molecule has 1 N–H and O–H groups in total. The number of Topliss-reactive ketones (excluding diaryl/α,β-unsaturated/α-hetero) is 1. The van der Waals surface area contributed by atoms with Crippen molar-refractivity contribution < 1.29 is 28.9 Å². The molecule has 3 saturated carbocycles. The van der Waals surface area contributed by atoms with E-state index < -0.39 is 17.3 Å². The molecule has 4 aliphatic carbocycles. The molecule has 0 aromatic rings. The van der Waals surface area contributed by atoms with Gasteiger partial charge in [0, 0.05) is 17.4 Å². The average molecular weight is 445 g/mol. The minimum absolute atomic E-state index is 0.0202. The SMILES string of the molecule is CCO[C@@H](C)OCC(=O)[C@@]1(O)[C@@H](C)C[C@H]2[C@@H]3CCC4=CC(=O)C=C[C@]4(C)[C@]34O[C@H]4C[C@@]21C. The van der Waals surface area contributed by atoms with Crippen LogP contribution in [0.5, 0.6) is 0 Å². The van der Waals surface area contributed by atoms with Crippen LogP contribution in [0.25, 0.3) is 0 Å². The van der Waals surface area contributed by atoms with Gasteiger partial charge in [-0.25, -0.2) is 0 Å². The van der Waals surface area contributed by atoms with Crippen molar-refractivity contribution in [2.24, 2.45) is 28.6 Å². The van der Waals surface area contributed by atoms with Crippen LogP contribution in [0.15, 0.2) is 23.8 Å². The summed E-state index contributed by atoms with van der Waals surface area (Å²) in [5.74, 6) is 0.0814. The van der Waals surface area contributed by atoms with Crippen LogP contribution >= 0.6 is 0 Å². The lowest BCUT2D eigenvalue weighted by Gasteiger charge is -2.55. The highest BCUT2D eigenvalue weighted by molar-refractivity contribution is 6.01. The molecule has 5 rings (SSSR count). The molecule has 1 spiro atoms. The van der Waals surface area contributed by atoms with Gasteiger partial charge in [-0.05, 0) is 76.4 Å². The summed E-state index contributed by atoms with van der Waals surface area (Å²) < 4.78 is 17.6. The first kappa shape index (κ1) is 22.5. The molecular formula is C26H36O6. The van der Waals surface area contributed by atoms with Gasteiger partial charge in [0.05, 0.1) is 6.10 Å². The maximum Gasteiger partial charge on any atom is 0.190 e. The van der Waals surface area contributed by atoms with Crippen LogP contribution in [0.2, 0.25) is 0 Å². The van der Waals surface area contributed by atoms with Crippen molar-refractivity contribution in [3.63, 3.8) is 0 Å². The molecule has 9 atom stereocenters. The Kier molecular flexibility index (Phi) is 4.97. The molecule has 32 heavy (non-hydrogen) atoms. The zero-order chi connectivity index (χ0) is 23.1. The molecule has 1 aliphatic heterocycles. The monoisotopic (exact) mass is 444 g/mol. The molecule has 0 aromatic carbocycles. The second-order valence-electron chi connectivity index (χ2n) is 11.0. The van der Waals surface area contributed by atoms with Gasteiger partial charge in [0.1, 0.15) is 17.8 Å². The van der Waals surface area contributed by atoms with Crippen molar-refractivity contribution in [1.82, 2.24) is 0 Å². The molecule has 1 heterocycles. The van der Waals surface area contributed by atoms with E-state index in [9.17, 15) is 14.7 Å². The number of aliphatic hydroxyl groups is 1. The lowest BCUT2D eigenvalue weighted by atomic mass is 9.46. The molecule has 1 saturated heterocycles. The Balaban J connectivity index is 1.45. The third-order valence-corrected chi connectivity index (χ3v) is 9.79. The van der Waals surface area contributed by atoms with Gasteiger partial charge in [-0.2, -0.15) is 0 Å². The van der Waals surface area contributed by atoms with E-state index in [1.807, 2.05) is 13.8 Å². The van der Waals surface area contributed by atoms with Gasteiger partial charge in [0.2, 0.25) is 0 Å². The van der Waals surface area contributed by atoms with Crippen molar-refractivity contribution in [3.05, 3.63) is 23.8 Å². The minimum atomic E-state index is -1.45. The van der Waals surface area contributed by atoms with Crippen molar-refractivity contribution in [1.29, 1.82) is 0 Å². The first-order chi connectivity index (χ1) is 15.0. The Morgan fingerprint density at radius 2 is 2.06 bits per heavy atom. The van der Waals surface area contributed by atoms with Gasteiger partial charge >= 0.3 is 0 Å². The third-order valence-electron chi connectivity index (χ3n) is 9.79. The fourth-order valence-corrected chi connectivity index (χ4v) is 8.16. The number of ketones is 2. The fraction of sp³-hybridized carbons (Fsp3) is 0.769. The van der Waals surface area contributed by atoms with Crippen molar-refractivity contribution in [2.75, 3.05) is 13.2 Å². The van der Waals surface area contributed by atoms with Gasteiger partial charge in [-0.3, -0.25) is 9.59 Å². The van der Waals surface area contributed by atoms with E-state index in [1.165, 1.54) is 5.57 Å². The average Bonchev–Trinajstić information content (AvgIpc) is 3.42. The summed E-state index contributed by atoms with van der Waals surface area (Å²) in [6.45, 7) is 10.3. The standard InChI is InChI=1S/C26H36O6/c1-6-30-16(3)31-14-21(28)25(29)15(2)11-20-19-8-7-17-12-18(27)9-10-23(17,4)26(19)22(32-26)13-24(20,25)5/h9-10,12,15-16,19-20,22,29H,6-8,11,13-14H2,1-5H3/t15-,16+,19-,20-,22-,23-,24-,25-,26-/m0/s1. The molecule has 0 radical (unpaired) electrons. The number of hydrogen-bond acceptors (Lipinski definition) is 6. The summed E-state index contributed by atoms with van der Waals surface area (Å²) in [5.41, 5.74) is -1.46. The Morgan fingerprint density at radius 3 is 2.78 bits per heavy atom. The first-order valence-electron chi connectivity index (χ1n) is 12.2. The molecule has 0 bridgehead atoms. The summed E-state index contributed by atoms with van der Waals surface area (Å²) >= 11 is 0. The highest BCUT2D eigenvalue weighted by Crippen LogP contribution is 2.76. The van der Waals surface area contributed by atoms with Crippen LogP contribution in [-0.4, -0.2) is 53.5 Å². The molecule has 176 valence electrons. The van der Waals surface area contributed by atoms with E-state index in [0.29, 0.717) is 13.0 Å². The molecule has 0 aromatic heterocycles.